The molecule has 0 saturated heterocycles. The molecule has 0 spiro atoms. The fourth-order valence-electron chi connectivity index (χ4n) is 5.68. The van der Waals surface area contributed by atoms with E-state index in [1.165, 1.54) is 6.07 Å². The molecule has 5 rings (SSSR count). The largest absolute Gasteiger partial charge is 0.497 e. The Hall–Kier alpha value is -5.09. The molecule has 0 unspecified atom stereocenters. The monoisotopic (exact) mass is 656 g/mol. The van der Waals surface area contributed by atoms with E-state index in [2.05, 4.69) is 29.4 Å². The van der Waals surface area contributed by atoms with Crippen molar-refractivity contribution in [2.24, 2.45) is 0 Å². The number of ether oxygens (including phenoxy) is 1. The Balaban J connectivity index is 1.21. The van der Waals surface area contributed by atoms with Crippen LogP contribution in [0.4, 0.5) is 5.69 Å². The van der Waals surface area contributed by atoms with Gasteiger partial charge in [-0.1, -0.05) is 11.6 Å². The zero-order valence-electron chi connectivity index (χ0n) is 26.8. The highest BCUT2D eigenvalue weighted by atomic mass is 35.5. The van der Waals surface area contributed by atoms with Crippen LogP contribution >= 0.6 is 11.6 Å². The Morgan fingerprint density at radius 3 is 2.36 bits per heavy atom. The van der Waals surface area contributed by atoms with Gasteiger partial charge in [0.15, 0.2) is 0 Å². The summed E-state index contributed by atoms with van der Waals surface area (Å²) < 4.78 is 12.5. The Morgan fingerprint density at radius 1 is 0.936 bits per heavy atom. The summed E-state index contributed by atoms with van der Waals surface area (Å²) in [5, 5.41) is 7.55. The number of anilines is 1. The standard InChI is InChI=1S/C36H37ClN4O6/c1-5-40(6-2)26-13-10-24-18-30(36(45)47-32(24)19-26)34(43)39-17-7-16-38-33(42)21-28-22(3)41(31-15-14-27(46-4)20-29(28)31)35(44)23-8-11-25(37)12-9-23/h8-15,18-20H,5-7,16-17,21H2,1-4H3,(H,38,42)(H,39,43). The number of fused-ring (bicyclic) bond motifs is 2. The summed E-state index contributed by atoms with van der Waals surface area (Å²) in [5.74, 6) is -0.403. The quantitative estimate of drug-likeness (QED) is 0.130. The smallest absolute Gasteiger partial charge is 0.349 e. The SMILES string of the molecule is CCN(CC)c1ccc2cc(C(=O)NCCCNC(=O)Cc3c(C)n(C(=O)c4ccc(Cl)cc4)c4ccc(OC)cc34)c(=O)oc2c1. The topological polar surface area (TPSA) is 123 Å². The van der Waals surface area contributed by atoms with Gasteiger partial charge in [-0.3, -0.25) is 19.0 Å². The molecule has 244 valence electrons. The van der Waals surface area contributed by atoms with E-state index >= 15 is 0 Å². The van der Waals surface area contributed by atoms with Crippen LogP contribution < -0.4 is 25.9 Å². The number of aromatic nitrogens is 1. The van der Waals surface area contributed by atoms with Crippen LogP contribution in [0.3, 0.4) is 0 Å². The lowest BCUT2D eigenvalue weighted by molar-refractivity contribution is -0.120. The maximum Gasteiger partial charge on any atom is 0.349 e. The van der Waals surface area contributed by atoms with Crippen LogP contribution in [0.2, 0.25) is 5.02 Å². The number of rotatable bonds is 12. The lowest BCUT2D eigenvalue weighted by Crippen LogP contribution is -2.32. The van der Waals surface area contributed by atoms with E-state index in [0.29, 0.717) is 57.0 Å². The summed E-state index contributed by atoms with van der Waals surface area (Å²) in [6, 6.07) is 19.2. The fourth-order valence-corrected chi connectivity index (χ4v) is 5.80. The Kier molecular flexibility index (Phi) is 10.3. The summed E-state index contributed by atoms with van der Waals surface area (Å²) >= 11 is 6.02. The Labute approximate surface area is 277 Å². The molecule has 0 saturated carbocycles. The average Bonchev–Trinajstić information content (AvgIpc) is 3.34. The van der Waals surface area contributed by atoms with Crippen molar-refractivity contribution < 1.29 is 23.5 Å². The first-order valence-corrected chi connectivity index (χ1v) is 15.9. The highest BCUT2D eigenvalue weighted by molar-refractivity contribution is 6.30. The average molecular weight is 657 g/mol. The van der Waals surface area contributed by atoms with Gasteiger partial charge in [-0.25, -0.2) is 4.79 Å². The first kappa shape index (κ1) is 33.3. The third kappa shape index (κ3) is 7.18. The molecule has 0 atom stereocenters. The van der Waals surface area contributed by atoms with Crippen LogP contribution in [0, 0.1) is 6.92 Å². The number of benzene rings is 3. The number of nitrogens with one attached hydrogen (secondary N) is 2. The van der Waals surface area contributed by atoms with E-state index in [1.807, 2.05) is 25.1 Å². The zero-order valence-corrected chi connectivity index (χ0v) is 27.6. The number of carbonyl (C=O) groups is 3. The molecule has 0 aliphatic carbocycles. The molecular weight excluding hydrogens is 620 g/mol. The maximum absolute atomic E-state index is 13.5. The second kappa shape index (κ2) is 14.6. The second-order valence-corrected chi connectivity index (χ2v) is 11.5. The first-order chi connectivity index (χ1) is 22.6. The summed E-state index contributed by atoms with van der Waals surface area (Å²) in [6.07, 6.45) is 0.476. The van der Waals surface area contributed by atoms with E-state index in [0.717, 1.165) is 24.2 Å². The molecule has 2 aromatic heterocycles. The van der Waals surface area contributed by atoms with Gasteiger partial charge in [0.25, 0.3) is 11.8 Å². The van der Waals surface area contributed by atoms with Gasteiger partial charge in [-0.15, -0.1) is 0 Å². The van der Waals surface area contributed by atoms with Gasteiger partial charge in [0.1, 0.15) is 16.9 Å². The van der Waals surface area contributed by atoms with Crippen molar-refractivity contribution in [1.82, 2.24) is 15.2 Å². The maximum atomic E-state index is 13.5. The number of amides is 2. The Morgan fingerprint density at radius 2 is 1.66 bits per heavy atom. The van der Waals surface area contributed by atoms with E-state index in [1.54, 1.807) is 54.1 Å². The van der Waals surface area contributed by atoms with Crippen LogP contribution in [-0.2, 0) is 11.2 Å². The number of nitrogens with zero attached hydrogens (tertiary/aromatic N) is 2. The van der Waals surface area contributed by atoms with E-state index < -0.39 is 11.5 Å². The van der Waals surface area contributed by atoms with Gasteiger partial charge < -0.3 is 24.7 Å². The van der Waals surface area contributed by atoms with Crippen LogP contribution in [0.15, 0.2) is 75.9 Å². The third-order valence-corrected chi connectivity index (χ3v) is 8.48. The highest BCUT2D eigenvalue weighted by Crippen LogP contribution is 2.31. The fraction of sp³-hybridized carbons (Fsp3) is 0.278. The van der Waals surface area contributed by atoms with Gasteiger partial charge in [0.05, 0.1) is 19.0 Å². The molecule has 2 amide bonds. The molecule has 0 aliphatic heterocycles. The molecule has 10 nitrogen and oxygen atoms in total. The summed E-state index contributed by atoms with van der Waals surface area (Å²) in [4.78, 5) is 54.1. The molecule has 11 heteroatoms. The van der Waals surface area contributed by atoms with Crippen LogP contribution in [0.25, 0.3) is 21.9 Å². The Bertz CT molecular complexity index is 2010. The van der Waals surface area contributed by atoms with E-state index in [-0.39, 0.29) is 30.3 Å². The molecule has 0 radical (unpaired) electrons. The minimum atomic E-state index is -0.708. The zero-order chi connectivity index (χ0) is 33.7. The number of halogens is 1. The molecule has 47 heavy (non-hydrogen) atoms. The number of carbonyl (C=O) groups excluding carboxylic acids is 3. The van der Waals surface area contributed by atoms with Gasteiger partial charge in [-0.2, -0.15) is 0 Å². The molecular formula is C36H37ClN4O6. The number of methoxy groups -OCH3 is 1. The molecule has 5 aromatic rings. The highest BCUT2D eigenvalue weighted by Gasteiger charge is 2.22. The summed E-state index contributed by atoms with van der Waals surface area (Å²) in [6.45, 7) is 8.08. The van der Waals surface area contributed by atoms with Crippen LogP contribution in [-0.4, -0.2) is 55.6 Å². The lowest BCUT2D eigenvalue weighted by Gasteiger charge is -2.21. The first-order valence-electron chi connectivity index (χ1n) is 15.5. The molecule has 0 bridgehead atoms. The predicted molar refractivity (Wildman–Crippen MR) is 184 cm³/mol. The molecule has 0 fully saturated rings. The van der Waals surface area contributed by atoms with Crippen molar-refractivity contribution in [3.05, 3.63) is 105 Å². The van der Waals surface area contributed by atoms with Crippen molar-refractivity contribution in [3.8, 4) is 5.75 Å². The van der Waals surface area contributed by atoms with Crippen molar-refractivity contribution in [2.75, 3.05) is 38.2 Å². The molecule has 3 aromatic carbocycles. The van der Waals surface area contributed by atoms with Gasteiger partial charge in [-0.05, 0) is 93.4 Å². The van der Waals surface area contributed by atoms with Crippen LogP contribution in [0.1, 0.15) is 52.2 Å². The van der Waals surface area contributed by atoms with Crippen molar-refractivity contribution in [2.45, 2.75) is 33.6 Å². The van der Waals surface area contributed by atoms with Gasteiger partial charge >= 0.3 is 5.63 Å². The molecule has 2 N–H and O–H groups in total. The predicted octanol–water partition coefficient (Wildman–Crippen LogP) is 5.73. The summed E-state index contributed by atoms with van der Waals surface area (Å²) in [7, 11) is 1.56. The minimum absolute atomic E-state index is 0.0386. The normalized spacial score (nSPS) is 11.1. The van der Waals surface area contributed by atoms with Crippen molar-refractivity contribution >= 4 is 56.9 Å². The molecule has 2 heterocycles. The molecule has 0 aliphatic rings. The third-order valence-electron chi connectivity index (χ3n) is 8.23. The lowest BCUT2D eigenvalue weighted by atomic mass is 10.1. The second-order valence-electron chi connectivity index (χ2n) is 11.1. The van der Waals surface area contributed by atoms with Crippen LogP contribution in [0.5, 0.6) is 5.75 Å². The van der Waals surface area contributed by atoms with Gasteiger partial charge in [0.2, 0.25) is 5.91 Å². The van der Waals surface area contributed by atoms with Crippen molar-refractivity contribution in [1.29, 1.82) is 0 Å². The minimum Gasteiger partial charge on any atom is -0.497 e. The number of hydrogen-bond acceptors (Lipinski definition) is 7. The summed E-state index contributed by atoms with van der Waals surface area (Å²) in [5.41, 5.74) is 3.06. The van der Waals surface area contributed by atoms with Crippen molar-refractivity contribution in [3.63, 3.8) is 0 Å². The number of hydrogen-bond donors (Lipinski definition) is 2. The van der Waals surface area contributed by atoms with E-state index in [9.17, 15) is 19.2 Å². The van der Waals surface area contributed by atoms with E-state index in [4.69, 9.17) is 20.8 Å². The van der Waals surface area contributed by atoms with Gasteiger partial charge in [0, 0.05) is 65.0 Å².